The summed E-state index contributed by atoms with van der Waals surface area (Å²) < 4.78 is 7.47. The quantitative estimate of drug-likeness (QED) is 0.371. The molecule has 4 rings (SSSR count). The van der Waals surface area contributed by atoms with E-state index < -0.39 is 5.92 Å². The lowest BCUT2D eigenvalue weighted by atomic mass is 9.92. The summed E-state index contributed by atoms with van der Waals surface area (Å²) in [5.74, 6) is 0.230. The van der Waals surface area contributed by atoms with Gasteiger partial charge in [0.2, 0.25) is 6.54 Å². The first-order valence-electron chi connectivity index (χ1n) is 8.96. The van der Waals surface area contributed by atoms with Gasteiger partial charge < -0.3 is 9.14 Å². The molecule has 2 heterocycles. The van der Waals surface area contributed by atoms with Gasteiger partial charge in [-0.25, -0.2) is 4.98 Å². The minimum Gasteiger partial charge on any atom is -0.496 e. The molecule has 2 aromatic heterocycles. The van der Waals surface area contributed by atoms with Crippen LogP contribution in [-0.4, -0.2) is 28.0 Å². The normalized spacial score (nSPS) is 12.0. The highest BCUT2D eigenvalue weighted by Crippen LogP contribution is 2.38. The molecule has 0 aliphatic heterocycles. The fourth-order valence-corrected chi connectivity index (χ4v) is 3.57. The molecule has 0 spiro atoms. The molecule has 0 aliphatic carbocycles. The molecule has 0 radical (unpaired) electrons. The van der Waals surface area contributed by atoms with E-state index in [0.29, 0.717) is 11.4 Å². The zero-order valence-electron chi connectivity index (χ0n) is 15.4. The van der Waals surface area contributed by atoms with Gasteiger partial charge in [-0.15, -0.1) is 0 Å². The maximum atomic E-state index is 11.5. The van der Waals surface area contributed by atoms with Crippen molar-refractivity contribution in [2.24, 2.45) is 0 Å². The van der Waals surface area contributed by atoms with Crippen LogP contribution in [0.1, 0.15) is 17.2 Å². The van der Waals surface area contributed by atoms with Crippen molar-refractivity contribution in [1.82, 2.24) is 9.38 Å². The van der Waals surface area contributed by atoms with Crippen LogP contribution in [0.4, 0.5) is 0 Å². The Balaban J connectivity index is 2.02. The van der Waals surface area contributed by atoms with Crippen molar-refractivity contribution >= 4 is 5.65 Å². The van der Waals surface area contributed by atoms with Crippen LogP contribution in [-0.2, 0) is 0 Å². The number of fused-ring (bicyclic) bond motifs is 1. The number of para-hydroxylation sites is 1. The standard InChI is InChI=1S/C22H19N3O3/c1-28-19-12-6-5-11-17(19)21-22(24-14-8-7-13-20(24)23-21)18(15-25(26)27)16-9-3-2-4-10-16/h2-14,18H,15H2,1H3. The van der Waals surface area contributed by atoms with Gasteiger partial charge in [-0.3, -0.25) is 10.1 Å². The number of nitro groups is 1. The fraction of sp³-hybridized carbons (Fsp3) is 0.136. The molecule has 28 heavy (non-hydrogen) atoms. The van der Waals surface area contributed by atoms with Gasteiger partial charge in [0.25, 0.3) is 0 Å². The number of benzene rings is 2. The molecule has 1 unspecified atom stereocenters. The molecule has 1 atom stereocenters. The van der Waals surface area contributed by atoms with E-state index in [1.165, 1.54) is 0 Å². The Hall–Kier alpha value is -3.67. The Kier molecular flexibility index (Phi) is 4.76. The molecular formula is C22H19N3O3. The molecular weight excluding hydrogens is 354 g/mol. The second-order valence-corrected chi connectivity index (χ2v) is 6.45. The van der Waals surface area contributed by atoms with Gasteiger partial charge in [0.15, 0.2) is 0 Å². The van der Waals surface area contributed by atoms with E-state index in [-0.39, 0.29) is 11.5 Å². The third kappa shape index (κ3) is 3.20. The summed E-state index contributed by atoms with van der Waals surface area (Å²) in [6, 6.07) is 22.8. The first-order chi connectivity index (χ1) is 13.7. The summed E-state index contributed by atoms with van der Waals surface area (Å²) in [5.41, 5.74) is 3.90. The Morgan fingerprint density at radius 1 is 1.04 bits per heavy atom. The molecule has 4 aromatic rings. The lowest BCUT2D eigenvalue weighted by Crippen LogP contribution is -2.16. The van der Waals surface area contributed by atoms with Crippen molar-refractivity contribution in [2.75, 3.05) is 13.7 Å². The van der Waals surface area contributed by atoms with Gasteiger partial charge in [0.1, 0.15) is 11.4 Å². The van der Waals surface area contributed by atoms with Gasteiger partial charge >= 0.3 is 0 Å². The van der Waals surface area contributed by atoms with E-state index in [9.17, 15) is 10.1 Å². The third-order valence-corrected chi connectivity index (χ3v) is 4.79. The first kappa shape index (κ1) is 17.7. The Morgan fingerprint density at radius 3 is 2.50 bits per heavy atom. The summed E-state index contributed by atoms with van der Waals surface area (Å²) in [4.78, 5) is 16.1. The number of aromatic nitrogens is 2. The molecule has 6 heteroatoms. The molecule has 140 valence electrons. The van der Waals surface area contributed by atoms with Crippen LogP contribution in [0.5, 0.6) is 5.75 Å². The highest BCUT2D eigenvalue weighted by atomic mass is 16.6. The summed E-state index contributed by atoms with van der Waals surface area (Å²) in [7, 11) is 1.61. The zero-order chi connectivity index (χ0) is 19.5. The van der Waals surface area contributed by atoms with E-state index in [2.05, 4.69) is 0 Å². The fourth-order valence-electron chi connectivity index (χ4n) is 3.57. The van der Waals surface area contributed by atoms with Crippen molar-refractivity contribution in [3.63, 3.8) is 0 Å². The molecule has 0 amide bonds. The summed E-state index contributed by atoms with van der Waals surface area (Å²) in [5, 5.41) is 11.5. The number of imidazole rings is 1. The summed E-state index contributed by atoms with van der Waals surface area (Å²) >= 11 is 0. The smallest absolute Gasteiger partial charge is 0.216 e. The van der Waals surface area contributed by atoms with E-state index in [4.69, 9.17) is 9.72 Å². The van der Waals surface area contributed by atoms with Crippen LogP contribution in [0.3, 0.4) is 0 Å². The van der Waals surface area contributed by atoms with Gasteiger partial charge in [-0.1, -0.05) is 48.5 Å². The van der Waals surface area contributed by atoms with Gasteiger partial charge in [-0.2, -0.15) is 0 Å². The number of hydrogen-bond donors (Lipinski definition) is 0. The van der Waals surface area contributed by atoms with Gasteiger partial charge in [-0.05, 0) is 29.8 Å². The minimum absolute atomic E-state index is 0.227. The van der Waals surface area contributed by atoms with Crippen molar-refractivity contribution < 1.29 is 9.66 Å². The van der Waals surface area contributed by atoms with E-state index in [0.717, 1.165) is 22.5 Å². The average Bonchev–Trinajstić information content (AvgIpc) is 3.11. The van der Waals surface area contributed by atoms with Crippen LogP contribution in [0.2, 0.25) is 0 Å². The molecule has 0 fully saturated rings. The van der Waals surface area contributed by atoms with Crippen molar-refractivity contribution in [2.45, 2.75) is 5.92 Å². The Labute approximate surface area is 162 Å². The molecule has 0 bridgehead atoms. The second-order valence-electron chi connectivity index (χ2n) is 6.45. The Bertz CT molecular complexity index is 1120. The van der Waals surface area contributed by atoms with Crippen molar-refractivity contribution in [3.8, 4) is 17.0 Å². The zero-order valence-corrected chi connectivity index (χ0v) is 15.4. The van der Waals surface area contributed by atoms with E-state index in [1.54, 1.807) is 7.11 Å². The molecule has 0 saturated heterocycles. The van der Waals surface area contributed by atoms with Gasteiger partial charge in [0.05, 0.1) is 24.4 Å². The highest BCUT2D eigenvalue weighted by Gasteiger charge is 2.29. The second kappa shape index (κ2) is 7.52. The number of methoxy groups -OCH3 is 1. The van der Waals surface area contributed by atoms with E-state index in [1.807, 2.05) is 83.4 Å². The highest BCUT2D eigenvalue weighted by molar-refractivity contribution is 5.73. The van der Waals surface area contributed by atoms with Crippen LogP contribution in [0.25, 0.3) is 16.9 Å². The maximum absolute atomic E-state index is 11.5. The number of ether oxygens (including phenoxy) is 1. The molecule has 0 aliphatic rings. The summed E-state index contributed by atoms with van der Waals surface area (Å²) in [6.45, 7) is -0.227. The predicted molar refractivity (Wildman–Crippen MR) is 107 cm³/mol. The third-order valence-electron chi connectivity index (χ3n) is 4.79. The average molecular weight is 373 g/mol. The van der Waals surface area contributed by atoms with Crippen LogP contribution in [0, 0.1) is 10.1 Å². The Morgan fingerprint density at radius 2 is 1.75 bits per heavy atom. The van der Waals surface area contributed by atoms with Gasteiger partial charge in [0, 0.05) is 16.7 Å². The SMILES string of the molecule is COc1ccccc1-c1nc2ccccn2c1C(C[N+](=O)[O-])c1ccccc1. The minimum atomic E-state index is -0.450. The molecule has 0 N–H and O–H groups in total. The number of hydrogen-bond acceptors (Lipinski definition) is 4. The monoisotopic (exact) mass is 373 g/mol. The molecule has 0 saturated carbocycles. The maximum Gasteiger partial charge on any atom is 0.216 e. The summed E-state index contributed by atoms with van der Waals surface area (Å²) in [6.07, 6.45) is 1.90. The number of nitrogens with zero attached hydrogens (tertiary/aromatic N) is 3. The predicted octanol–water partition coefficient (Wildman–Crippen LogP) is 4.42. The molecule has 6 nitrogen and oxygen atoms in total. The lowest BCUT2D eigenvalue weighted by Gasteiger charge is -2.16. The van der Waals surface area contributed by atoms with Crippen molar-refractivity contribution in [1.29, 1.82) is 0 Å². The number of rotatable bonds is 6. The van der Waals surface area contributed by atoms with Crippen LogP contribution >= 0.6 is 0 Å². The number of pyridine rings is 1. The van der Waals surface area contributed by atoms with Crippen molar-refractivity contribution in [3.05, 3.63) is 100 Å². The first-order valence-corrected chi connectivity index (χ1v) is 8.96. The van der Waals surface area contributed by atoms with Crippen LogP contribution < -0.4 is 4.74 Å². The lowest BCUT2D eigenvalue weighted by molar-refractivity contribution is -0.482. The van der Waals surface area contributed by atoms with E-state index >= 15 is 0 Å². The topological polar surface area (TPSA) is 69.7 Å². The molecule has 2 aromatic carbocycles. The van der Waals surface area contributed by atoms with Crippen LogP contribution in [0.15, 0.2) is 79.0 Å². The largest absolute Gasteiger partial charge is 0.496 e.